The second-order valence-electron chi connectivity index (χ2n) is 3.50. The molecule has 1 aliphatic rings. The zero-order valence-electron chi connectivity index (χ0n) is 6.94. The smallest absolute Gasteiger partial charge is 0.197 e. The summed E-state index contributed by atoms with van der Waals surface area (Å²) in [6.45, 7) is 2.01. The molecule has 0 bridgehead atoms. The van der Waals surface area contributed by atoms with Crippen molar-refractivity contribution in [1.29, 1.82) is 0 Å². The molecular weight excluding hydrogens is 214 g/mol. The van der Waals surface area contributed by atoms with Gasteiger partial charge >= 0.3 is 0 Å². The maximum absolute atomic E-state index is 12.9. The van der Waals surface area contributed by atoms with E-state index in [0.717, 1.165) is 12.8 Å². The first-order chi connectivity index (χ1) is 6.03. The molecule has 0 aromatic carbocycles. The highest BCUT2D eigenvalue weighted by Crippen LogP contribution is 2.46. The van der Waals surface area contributed by atoms with Crippen molar-refractivity contribution in [2.24, 2.45) is 0 Å². The van der Waals surface area contributed by atoms with Crippen LogP contribution in [-0.2, 0) is 5.41 Å². The zero-order valence-corrected chi connectivity index (χ0v) is 8.45. The minimum absolute atomic E-state index is 0.0407. The minimum atomic E-state index is -0.740. The maximum Gasteiger partial charge on any atom is 0.197 e. The van der Waals surface area contributed by atoms with Crippen molar-refractivity contribution >= 4 is 23.2 Å². The van der Waals surface area contributed by atoms with Gasteiger partial charge in [-0.05, 0) is 12.8 Å². The van der Waals surface area contributed by atoms with E-state index in [9.17, 15) is 4.39 Å². The van der Waals surface area contributed by atoms with Gasteiger partial charge in [-0.15, -0.1) is 0 Å². The summed E-state index contributed by atoms with van der Waals surface area (Å²) in [5, 5.41) is -0.383. The average molecular weight is 221 g/mol. The monoisotopic (exact) mass is 220 g/mol. The molecule has 5 heteroatoms. The van der Waals surface area contributed by atoms with Crippen LogP contribution in [0.4, 0.5) is 4.39 Å². The van der Waals surface area contributed by atoms with Crippen molar-refractivity contribution in [3.05, 3.63) is 21.9 Å². The van der Waals surface area contributed by atoms with Gasteiger partial charge in [-0.25, -0.2) is 14.4 Å². The number of hydrogen-bond acceptors (Lipinski definition) is 2. The number of nitrogens with zero attached hydrogens (tertiary/aromatic N) is 2. The largest absolute Gasteiger partial charge is 0.217 e. The molecule has 0 spiro atoms. The van der Waals surface area contributed by atoms with Crippen molar-refractivity contribution in [2.45, 2.75) is 25.2 Å². The maximum atomic E-state index is 12.9. The Kier molecular flexibility index (Phi) is 1.96. The highest BCUT2D eigenvalue weighted by Gasteiger charge is 2.42. The predicted molar refractivity (Wildman–Crippen MR) is 48.6 cm³/mol. The van der Waals surface area contributed by atoms with Crippen LogP contribution in [0, 0.1) is 5.82 Å². The lowest BCUT2D eigenvalue weighted by atomic mass is 10.1. The van der Waals surface area contributed by atoms with Gasteiger partial charge in [-0.1, -0.05) is 30.1 Å². The van der Waals surface area contributed by atoms with Crippen LogP contribution in [0.3, 0.4) is 0 Å². The van der Waals surface area contributed by atoms with E-state index in [0.29, 0.717) is 5.82 Å². The van der Waals surface area contributed by atoms with Crippen molar-refractivity contribution < 1.29 is 4.39 Å². The predicted octanol–water partition coefficient (Wildman–Crippen LogP) is 2.97. The summed E-state index contributed by atoms with van der Waals surface area (Å²) in [4.78, 5) is 7.72. The van der Waals surface area contributed by atoms with Gasteiger partial charge in [0, 0.05) is 5.41 Å². The molecule has 0 aliphatic heterocycles. The lowest BCUT2D eigenvalue weighted by molar-refractivity contribution is 0.599. The van der Waals surface area contributed by atoms with Crippen LogP contribution in [0.25, 0.3) is 0 Å². The second-order valence-corrected chi connectivity index (χ2v) is 4.22. The van der Waals surface area contributed by atoms with Gasteiger partial charge in [0.1, 0.15) is 5.82 Å². The Morgan fingerprint density at radius 1 is 1.23 bits per heavy atom. The molecule has 0 atom stereocenters. The zero-order chi connectivity index (χ0) is 9.64. The number of halogens is 3. The van der Waals surface area contributed by atoms with Gasteiger partial charge in [0.25, 0.3) is 0 Å². The molecule has 70 valence electrons. The molecule has 0 radical (unpaired) electrons. The molecular formula is C8H7Cl2FN2. The fraction of sp³-hybridized carbons (Fsp3) is 0.500. The molecule has 0 amide bonds. The first-order valence-corrected chi connectivity index (χ1v) is 4.67. The SMILES string of the molecule is CC1(c2nc(Cl)c(F)c(Cl)n2)CC1. The summed E-state index contributed by atoms with van der Waals surface area (Å²) in [6, 6.07) is 0. The first-order valence-electron chi connectivity index (χ1n) is 3.92. The number of hydrogen-bond donors (Lipinski definition) is 0. The van der Waals surface area contributed by atoms with Gasteiger partial charge in [0.05, 0.1) is 0 Å². The van der Waals surface area contributed by atoms with Crippen LogP contribution >= 0.6 is 23.2 Å². The molecule has 1 aromatic heterocycles. The normalized spacial score (nSPS) is 18.8. The number of rotatable bonds is 1. The summed E-state index contributed by atoms with van der Waals surface area (Å²) in [5.41, 5.74) is -0.0407. The summed E-state index contributed by atoms with van der Waals surface area (Å²) in [6.07, 6.45) is 2.01. The third-order valence-electron chi connectivity index (χ3n) is 2.31. The first kappa shape index (κ1) is 9.16. The van der Waals surface area contributed by atoms with Gasteiger partial charge in [0.15, 0.2) is 16.1 Å². The van der Waals surface area contributed by atoms with Gasteiger partial charge in [-0.2, -0.15) is 0 Å². The van der Waals surface area contributed by atoms with Crippen LogP contribution in [0.15, 0.2) is 0 Å². The quantitative estimate of drug-likeness (QED) is 0.681. The lowest BCUT2D eigenvalue weighted by Gasteiger charge is -2.07. The molecule has 1 aromatic rings. The van der Waals surface area contributed by atoms with Crippen molar-refractivity contribution in [2.75, 3.05) is 0 Å². The van der Waals surface area contributed by atoms with E-state index in [1.807, 2.05) is 6.92 Å². The summed E-state index contributed by atoms with van der Waals surface area (Å²) < 4.78 is 12.9. The van der Waals surface area contributed by atoms with E-state index in [1.54, 1.807) is 0 Å². The molecule has 2 rings (SSSR count). The fourth-order valence-corrected chi connectivity index (χ4v) is 1.46. The van der Waals surface area contributed by atoms with Crippen LogP contribution in [0.5, 0.6) is 0 Å². The van der Waals surface area contributed by atoms with E-state index < -0.39 is 5.82 Å². The Bertz CT molecular complexity index is 340. The Balaban J connectivity index is 2.50. The fourth-order valence-electron chi connectivity index (χ4n) is 1.08. The minimum Gasteiger partial charge on any atom is -0.217 e. The molecule has 1 fully saturated rings. The third kappa shape index (κ3) is 1.51. The molecule has 1 heterocycles. The molecule has 0 N–H and O–H groups in total. The van der Waals surface area contributed by atoms with Gasteiger partial charge in [0.2, 0.25) is 0 Å². The van der Waals surface area contributed by atoms with E-state index in [1.165, 1.54) is 0 Å². The van der Waals surface area contributed by atoms with E-state index in [-0.39, 0.29) is 15.7 Å². The van der Waals surface area contributed by atoms with Gasteiger partial charge < -0.3 is 0 Å². The summed E-state index contributed by atoms with van der Waals surface area (Å²) in [7, 11) is 0. The van der Waals surface area contributed by atoms with E-state index in [2.05, 4.69) is 9.97 Å². The molecule has 1 aliphatic carbocycles. The van der Waals surface area contributed by atoms with Crippen LogP contribution in [0.2, 0.25) is 10.3 Å². The van der Waals surface area contributed by atoms with Crippen molar-refractivity contribution in [3.8, 4) is 0 Å². The van der Waals surface area contributed by atoms with E-state index in [4.69, 9.17) is 23.2 Å². The molecule has 1 saturated carbocycles. The topological polar surface area (TPSA) is 25.8 Å². The van der Waals surface area contributed by atoms with Crippen LogP contribution in [0.1, 0.15) is 25.6 Å². The Labute approximate surface area is 85.1 Å². The highest BCUT2D eigenvalue weighted by atomic mass is 35.5. The molecule has 13 heavy (non-hydrogen) atoms. The average Bonchev–Trinajstić information content (AvgIpc) is 2.80. The second kappa shape index (κ2) is 2.79. The summed E-state index contributed by atoms with van der Waals surface area (Å²) in [5.74, 6) is -0.194. The van der Waals surface area contributed by atoms with E-state index >= 15 is 0 Å². The Morgan fingerprint density at radius 2 is 1.69 bits per heavy atom. The van der Waals surface area contributed by atoms with Crippen LogP contribution in [-0.4, -0.2) is 9.97 Å². The molecule has 0 unspecified atom stereocenters. The van der Waals surface area contributed by atoms with Crippen molar-refractivity contribution in [3.63, 3.8) is 0 Å². The molecule has 2 nitrogen and oxygen atoms in total. The highest BCUT2D eigenvalue weighted by molar-refractivity contribution is 6.33. The van der Waals surface area contributed by atoms with Crippen molar-refractivity contribution in [1.82, 2.24) is 9.97 Å². The summed E-state index contributed by atoms with van der Waals surface area (Å²) >= 11 is 11.1. The third-order valence-corrected chi connectivity index (χ3v) is 2.81. The molecule has 0 saturated heterocycles. The van der Waals surface area contributed by atoms with Gasteiger partial charge in [-0.3, -0.25) is 0 Å². The standard InChI is InChI=1S/C8H7Cl2FN2/c1-8(2-3-8)7-12-5(9)4(11)6(10)13-7/h2-3H2,1H3. The van der Waals surface area contributed by atoms with Crippen LogP contribution < -0.4 is 0 Å². The number of aromatic nitrogens is 2. The Hall–Kier alpha value is -0.410. The Morgan fingerprint density at radius 3 is 2.08 bits per heavy atom. The lowest BCUT2D eigenvalue weighted by Crippen LogP contribution is -2.08.